The largest absolute Gasteiger partial charge is 0.506 e. The number of hydrazone groups is 1. The van der Waals surface area contributed by atoms with Crippen molar-refractivity contribution < 1.29 is 9.50 Å². The summed E-state index contributed by atoms with van der Waals surface area (Å²) in [5.41, 5.74) is 3.72. The van der Waals surface area contributed by atoms with Crippen LogP contribution >= 0.6 is 27.5 Å². The Hall–Kier alpha value is -2.98. The lowest BCUT2D eigenvalue weighted by molar-refractivity contribution is 0.471. The molecule has 0 atom stereocenters. The summed E-state index contributed by atoms with van der Waals surface area (Å²) < 4.78 is 13.5. The predicted octanol–water partition coefficient (Wildman–Crippen LogP) is 4.39. The lowest BCUT2D eigenvalue weighted by atomic mass is 10.2. The van der Waals surface area contributed by atoms with Crippen molar-refractivity contribution in [3.63, 3.8) is 0 Å². The van der Waals surface area contributed by atoms with Crippen molar-refractivity contribution in [2.45, 2.75) is 0 Å². The van der Waals surface area contributed by atoms with Crippen molar-refractivity contribution in [1.29, 1.82) is 0 Å². The van der Waals surface area contributed by atoms with E-state index in [1.54, 1.807) is 43.3 Å². The Morgan fingerprint density at radius 3 is 2.52 bits per heavy atom. The fourth-order valence-electron chi connectivity index (χ4n) is 2.18. The third-order valence-corrected chi connectivity index (χ3v) is 4.37. The number of aromatic hydroxyl groups is 1. The number of phenolic OH excluding ortho intramolecular Hbond substituents is 1. The molecule has 0 fully saturated rings. The molecule has 3 rings (SSSR count). The highest BCUT2D eigenvalue weighted by atomic mass is 79.9. The third kappa shape index (κ3) is 5.52. The number of aromatic nitrogens is 3. The fourth-order valence-corrected chi connectivity index (χ4v) is 3.01. The maximum Gasteiger partial charge on any atom is 0.250 e. The molecule has 0 saturated heterocycles. The summed E-state index contributed by atoms with van der Waals surface area (Å²) in [4.78, 5) is 14.5. The summed E-state index contributed by atoms with van der Waals surface area (Å²) >= 11 is 9.21. The minimum absolute atomic E-state index is 0.00300. The van der Waals surface area contributed by atoms with E-state index in [4.69, 9.17) is 11.6 Å². The van der Waals surface area contributed by atoms with E-state index < -0.39 is 0 Å². The average Bonchev–Trinajstić information content (AvgIpc) is 2.67. The van der Waals surface area contributed by atoms with E-state index in [0.717, 1.165) is 0 Å². The maximum atomic E-state index is 13.1. The number of nitrogens with one attached hydrogen (secondary N) is 2. The van der Waals surface area contributed by atoms with Crippen molar-refractivity contribution >= 4 is 57.3 Å². The van der Waals surface area contributed by atoms with Gasteiger partial charge in [-0.1, -0.05) is 11.6 Å². The van der Waals surface area contributed by atoms with Gasteiger partial charge in [-0.25, -0.2) is 9.82 Å². The zero-order chi connectivity index (χ0) is 21.0. The van der Waals surface area contributed by atoms with Crippen LogP contribution in [0.1, 0.15) is 5.56 Å². The monoisotopic (exact) mass is 479 g/mol. The molecule has 1 heterocycles. The number of phenols is 1. The van der Waals surface area contributed by atoms with Crippen LogP contribution in [-0.2, 0) is 0 Å². The molecule has 0 aliphatic heterocycles. The number of anilines is 4. The molecule has 0 radical (unpaired) electrons. The van der Waals surface area contributed by atoms with E-state index in [2.05, 4.69) is 46.7 Å². The van der Waals surface area contributed by atoms with Crippen LogP contribution < -0.4 is 15.6 Å². The molecular formula is C18H16BrClFN7O. The summed E-state index contributed by atoms with van der Waals surface area (Å²) in [7, 11) is 3.57. The van der Waals surface area contributed by atoms with Crippen LogP contribution in [0.25, 0.3) is 0 Å². The molecule has 0 bridgehead atoms. The molecule has 0 saturated carbocycles. The molecule has 0 spiro atoms. The molecule has 3 N–H and O–H groups in total. The first-order valence-electron chi connectivity index (χ1n) is 8.25. The minimum Gasteiger partial charge on any atom is -0.506 e. The summed E-state index contributed by atoms with van der Waals surface area (Å²) in [6.45, 7) is 0. The molecule has 0 aliphatic rings. The second-order valence-electron chi connectivity index (χ2n) is 6.00. The Labute approximate surface area is 179 Å². The van der Waals surface area contributed by atoms with Gasteiger partial charge in [0.15, 0.2) is 0 Å². The van der Waals surface area contributed by atoms with Crippen LogP contribution in [0.3, 0.4) is 0 Å². The second kappa shape index (κ2) is 9.01. The van der Waals surface area contributed by atoms with E-state index in [9.17, 15) is 9.50 Å². The van der Waals surface area contributed by atoms with Crippen molar-refractivity contribution in [3.8, 4) is 5.75 Å². The van der Waals surface area contributed by atoms with Gasteiger partial charge in [-0.05, 0) is 52.3 Å². The smallest absolute Gasteiger partial charge is 0.250 e. The third-order valence-electron chi connectivity index (χ3n) is 3.55. The van der Waals surface area contributed by atoms with Gasteiger partial charge >= 0.3 is 0 Å². The summed E-state index contributed by atoms with van der Waals surface area (Å²) in [6.07, 6.45) is 1.39. The lowest BCUT2D eigenvalue weighted by Crippen LogP contribution is -2.15. The quantitative estimate of drug-likeness (QED) is 0.355. The normalized spacial score (nSPS) is 10.9. The van der Waals surface area contributed by atoms with Crippen molar-refractivity contribution in [3.05, 3.63) is 57.3 Å². The number of halogens is 3. The molecular weight excluding hydrogens is 465 g/mol. The first-order chi connectivity index (χ1) is 13.8. The van der Waals surface area contributed by atoms with Gasteiger partial charge in [-0.3, -0.25) is 0 Å². The van der Waals surface area contributed by atoms with E-state index in [1.165, 1.54) is 18.3 Å². The lowest BCUT2D eigenvalue weighted by Gasteiger charge is -2.13. The van der Waals surface area contributed by atoms with Gasteiger partial charge in [-0.15, -0.1) is 0 Å². The van der Waals surface area contributed by atoms with E-state index in [0.29, 0.717) is 26.7 Å². The number of nitrogens with zero attached hydrogens (tertiary/aromatic N) is 5. The van der Waals surface area contributed by atoms with Crippen molar-refractivity contribution in [1.82, 2.24) is 15.0 Å². The Kier molecular flexibility index (Phi) is 6.45. The zero-order valence-electron chi connectivity index (χ0n) is 15.4. The maximum absolute atomic E-state index is 13.1. The summed E-state index contributed by atoms with van der Waals surface area (Å²) in [5, 5.41) is 17.5. The molecule has 0 amide bonds. The Morgan fingerprint density at radius 1 is 1.14 bits per heavy atom. The predicted molar refractivity (Wildman–Crippen MR) is 116 cm³/mol. The molecule has 2 aromatic carbocycles. The zero-order valence-corrected chi connectivity index (χ0v) is 17.7. The van der Waals surface area contributed by atoms with Gasteiger partial charge in [-0.2, -0.15) is 20.1 Å². The molecule has 29 heavy (non-hydrogen) atoms. The highest BCUT2D eigenvalue weighted by Crippen LogP contribution is 2.30. The Morgan fingerprint density at radius 2 is 1.83 bits per heavy atom. The molecule has 1 aromatic heterocycles. The van der Waals surface area contributed by atoms with Crippen LogP contribution in [0.2, 0.25) is 5.02 Å². The molecule has 0 aliphatic carbocycles. The number of hydrogen-bond donors (Lipinski definition) is 3. The number of rotatable bonds is 6. The minimum atomic E-state index is -0.340. The van der Waals surface area contributed by atoms with Gasteiger partial charge in [0.2, 0.25) is 17.8 Å². The van der Waals surface area contributed by atoms with Crippen LogP contribution in [-0.4, -0.2) is 40.4 Å². The summed E-state index contributed by atoms with van der Waals surface area (Å²) in [6, 6.07) is 8.93. The van der Waals surface area contributed by atoms with Gasteiger partial charge in [0.25, 0.3) is 0 Å². The topological polar surface area (TPSA) is 98.6 Å². The van der Waals surface area contributed by atoms with Gasteiger partial charge in [0.1, 0.15) is 11.6 Å². The standard InChI is InChI=1S/C18H16BrClFN7O/c1-28(2)18-25-16(23-13-5-3-12(21)4-6-13)24-17(26-18)27-22-9-10-7-11(20)8-14(19)15(10)29/h3-9,29H,1-2H3,(H2,23,24,25,26,27)/b22-9-. The number of benzene rings is 2. The van der Waals surface area contributed by atoms with E-state index >= 15 is 0 Å². The average molecular weight is 481 g/mol. The molecule has 0 unspecified atom stereocenters. The van der Waals surface area contributed by atoms with Gasteiger partial charge in [0.05, 0.1) is 10.7 Å². The van der Waals surface area contributed by atoms with E-state index in [1.807, 2.05) is 0 Å². The van der Waals surface area contributed by atoms with Crippen molar-refractivity contribution in [2.24, 2.45) is 5.10 Å². The van der Waals surface area contributed by atoms with Crippen LogP contribution in [0, 0.1) is 5.82 Å². The van der Waals surface area contributed by atoms with Gasteiger partial charge < -0.3 is 15.3 Å². The Balaban J connectivity index is 1.83. The Bertz CT molecular complexity index is 1050. The van der Waals surface area contributed by atoms with Gasteiger partial charge in [0, 0.05) is 30.4 Å². The molecule has 3 aromatic rings. The fraction of sp³-hybridized carbons (Fsp3) is 0.111. The van der Waals surface area contributed by atoms with Crippen molar-refractivity contribution in [2.75, 3.05) is 29.7 Å². The van der Waals surface area contributed by atoms with Crippen LogP contribution in [0.4, 0.5) is 27.9 Å². The highest BCUT2D eigenvalue weighted by molar-refractivity contribution is 9.10. The SMILES string of the molecule is CN(C)c1nc(N/N=C\c2cc(Cl)cc(Br)c2O)nc(Nc2ccc(F)cc2)n1. The highest BCUT2D eigenvalue weighted by Gasteiger charge is 2.09. The molecule has 8 nitrogen and oxygen atoms in total. The van der Waals surface area contributed by atoms with E-state index in [-0.39, 0.29) is 23.5 Å². The first-order valence-corrected chi connectivity index (χ1v) is 9.42. The molecule has 150 valence electrons. The first kappa shape index (κ1) is 20.7. The van der Waals surface area contributed by atoms with Crippen LogP contribution in [0.5, 0.6) is 5.75 Å². The van der Waals surface area contributed by atoms with Crippen LogP contribution in [0.15, 0.2) is 46.0 Å². The second-order valence-corrected chi connectivity index (χ2v) is 7.30. The summed E-state index contributed by atoms with van der Waals surface area (Å²) in [5.74, 6) is 0.471. The number of hydrogen-bond acceptors (Lipinski definition) is 8. The molecule has 11 heteroatoms.